The van der Waals surface area contributed by atoms with E-state index in [0.29, 0.717) is 17.8 Å². The van der Waals surface area contributed by atoms with Crippen LogP contribution in [0.4, 0.5) is 5.69 Å². The molecule has 0 bridgehead atoms. The number of rotatable bonds is 11. The van der Waals surface area contributed by atoms with Gasteiger partial charge in [0.25, 0.3) is 0 Å². The minimum absolute atomic E-state index is 0.00558. The zero-order chi connectivity index (χ0) is 31.4. The van der Waals surface area contributed by atoms with Gasteiger partial charge in [0, 0.05) is 75.1 Å². The zero-order valence-electron chi connectivity index (χ0n) is 26.7. The number of benzene rings is 2. The molecule has 1 saturated carbocycles. The Labute approximate surface area is 269 Å². The van der Waals surface area contributed by atoms with Gasteiger partial charge in [-0.05, 0) is 79.9 Å². The second-order valence-electron chi connectivity index (χ2n) is 13.5. The summed E-state index contributed by atoms with van der Waals surface area (Å²) < 4.78 is 28.1. The van der Waals surface area contributed by atoms with Crippen molar-refractivity contribution in [1.29, 1.82) is 0 Å². The van der Waals surface area contributed by atoms with Crippen LogP contribution in [-0.4, -0.2) is 68.9 Å². The number of hydrogen-bond donors (Lipinski definition) is 1. The van der Waals surface area contributed by atoms with Gasteiger partial charge < -0.3 is 20.1 Å². The van der Waals surface area contributed by atoms with Crippen LogP contribution < -0.4 is 10.6 Å². The molecule has 2 saturated heterocycles. The molecule has 45 heavy (non-hydrogen) atoms. The Kier molecular flexibility index (Phi) is 9.47. The van der Waals surface area contributed by atoms with Gasteiger partial charge in [-0.15, -0.1) is 0 Å². The summed E-state index contributed by atoms with van der Waals surface area (Å²) in [6.07, 6.45) is 14.9. The Bertz CT molecular complexity index is 1560. The van der Waals surface area contributed by atoms with E-state index in [9.17, 15) is 8.42 Å². The third-order valence-electron chi connectivity index (χ3n) is 10.9. The summed E-state index contributed by atoms with van der Waals surface area (Å²) in [6.45, 7) is 8.90. The molecule has 6 rings (SSSR count). The topological polar surface area (TPSA) is 96.8 Å². The third-order valence-corrected chi connectivity index (χ3v) is 12.6. The normalized spacial score (nSPS) is 23.8. The number of imidazole rings is 1. The maximum absolute atomic E-state index is 12.9. The average molecular weight is 629 g/mol. The molecule has 0 radical (unpaired) electrons. The van der Waals surface area contributed by atoms with Gasteiger partial charge >= 0.3 is 0 Å². The highest BCUT2D eigenvalue weighted by molar-refractivity contribution is 7.96. The van der Waals surface area contributed by atoms with Crippen molar-refractivity contribution in [2.24, 2.45) is 34.4 Å². The second kappa shape index (κ2) is 13.5. The van der Waals surface area contributed by atoms with Crippen molar-refractivity contribution in [1.82, 2.24) is 14.5 Å². The maximum atomic E-state index is 12.9. The predicted octanol–water partition coefficient (Wildman–Crippen LogP) is 5.38. The highest BCUT2D eigenvalue weighted by Crippen LogP contribution is 2.53. The van der Waals surface area contributed by atoms with E-state index in [1.54, 1.807) is 12.1 Å². The quantitative estimate of drug-likeness (QED) is 0.287. The summed E-state index contributed by atoms with van der Waals surface area (Å²) in [5.74, 6) is 2.66. The van der Waals surface area contributed by atoms with Gasteiger partial charge in [0.2, 0.25) is 9.84 Å². The molecule has 9 heteroatoms. The van der Waals surface area contributed by atoms with Gasteiger partial charge in [-0.25, -0.2) is 13.4 Å². The number of allylic oxidation sites excluding steroid dienone is 1. The van der Waals surface area contributed by atoms with Crippen LogP contribution >= 0.6 is 0 Å². The molecule has 0 amide bonds. The largest absolute Gasteiger partial charge is 0.403 e. The minimum atomic E-state index is -3.67. The van der Waals surface area contributed by atoms with Gasteiger partial charge in [0.1, 0.15) is 4.91 Å². The van der Waals surface area contributed by atoms with Crippen molar-refractivity contribution < 1.29 is 8.42 Å². The van der Waals surface area contributed by atoms with Crippen LogP contribution in [0.25, 0.3) is 0 Å². The SMILES string of the molecule is CN=CC(=CN)S(=O)(=O)c1ccc(N2CC(CN3CCC(C(Cn4ccnc4)(c4ccccc4)[C@@H]4CCC[C@H]4C)CC3)C2)cc1. The first-order chi connectivity index (χ1) is 21.8. The summed E-state index contributed by atoms with van der Waals surface area (Å²) in [7, 11) is -2.14. The van der Waals surface area contributed by atoms with Gasteiger partial charge in [-0.2, -0.15) is 0 Å². The number of nitrogens with two attached hydrogens (primary N) is 1. The number of likely N-dealkylation sites (tertiary alicyclic amines) is 1. The smallest absolute Gasteiger partial charge is 0.209 e. The van der Waals surface area contributed by atoms with Crippen molar-refractivity contribution in [3.05, 3.63) is 90.0 Å². The predicted molar refractivity (Wildman–Crippen MR) is 182 cm³/mol. The summed E-state index contributed by atoms with van der Waals surface area (Å²) >= 11 is 0. The molecule has 3 fully saturated rings. The van der Waals surface area contributed by atoms with Crippen molar-refractivity contribution in [3.63, 3.8) is 0 Å². The van der Waals surface area contributed by atoms with Gasteiger partial charge in [-0.1, -0.05) is 50.1 Å². The number of sulfone groups is 1. The summed E-state index contributed by atoms with van der Waals surface area (Å²) in [6, 6.07) is 18.6. The lowest BCUT2D eigenvalue weighted by molar-refractivity contribution is 0.0517. The molecule has 1 unspecified atom stereocenters. The maximum Gasteiger partial charge on any atom is 0.209 e. The molecule has 1 aromatic heterocycles. The third kappa shape index (κ3) is 6.34. The lowest BCUT2D eigenvalue weighted by Crippen LogP contribution is -2.54. The second-order valence-corrected chi connectivity index (χ2v) is 15.4. The fraction of sp³-hybridized carbons (Fsp3) is 0.500. The van der Waals surface area contributed by atoms with Gasteiger partial charge in [0.15, 0.2) is 0 Å². The number of anilines is 1. The molecule has 240 valence electrons. The van der Waals surface area contributed by atoms with E-state index in [4.69, 9.17) is 5.73 Å². The van der Waals surface area contributed by atoms with E-state index in [2.05, 4.69) is 67.8 Å². The van der Waals surface area contributed by atoms with Crippen molar-refractivity contribution in [3.8, 4) is 0 Å². The molecule has 2 aliphatic heterocycles. The number of aliphatic imine (C=N–C) groups is 1. The van der Waals surface area contributed by atoms with E-state index < -0.39 is 9.84 Å². The number of nitrogens with zero attached hydrogens (tertiary/aromatic N) is 5. The molecule has 2 aromatic carbocycles. The molecular formula is C36H48N6O2S. The first-order valence-electron chi connectivity index (χ1n) is 16.5. The number of hydrogen-bond acceptors (Lipinski definition) is 7. The molecular weight excluding hydrogens is 581 g/mol. The van der Waals surface area contributed by atoms with Crippen molar-refractivity contribution in [2.45, 2.75) is 55.9 Å². The highest BCUT2D eigenvalue weighted by atomic mass is 32.2. The van der Waals surface area contributed by atoms with Crippen LogP contribution in [0, 0.1) is 23.7 Å². The lowest BCUT2D eigenvalue weighted by Gasteiger charge is -2.51. The molecule has 8 nitrogen and oxygen atoms in total. The molecule has 3 aliphatic rings. The van der Waals surface area contributed by atoms with E-state index in [1.807, 2.05) is 24.7 Å². The molecule has 3 atom stereocenters. The highest BCUT2D eigenvalue weighted by Gasteiger charge is 2.50. The average Bonchev–Trinajstić information content (AvgIpc) is 3.73. The van der Waals surface area contributed by atoms with Crippen molar-refractivity contribution in [2.75, 3.05) is 44.7 Å². The summed E-state index contributed by atoms with van der Waals surface area (Å²) in [4.78, 5) is 13.5. The van der Waals surface area contributed by atoms with E-state index >= 15 is 0 Å². The van der Waals surface area contributed by atoms with Crippen LogP contribution in [0.15, 0.2) is 94.3 Å². The fourth-order valence-corrected chi connectivity index (χ4v) is 9.81. The molecule has 3 aromatic rings. The zero-order valence-corrected chi connectivity index (χ0v) is 27.5. The van der Waals surface area contributed by atoms with E-state index in [-0.39, 0.29) is 15.2 Å². The van der Waals surface area contributed by atoms with Crippen LogP contribution in [0.1, 0.15) is 44.6 Å². The standard InChI is InChI=1S/C36H48N6O2S/c1-28-7-6-10-35(28)36(26-41-20-17-39-27-41,30-8-4-3-5-9-30)31-15-18-40(19-16-31)23-29-24-42(25-29)32-11-13-33(14-12-32)45(43,44)34(21-37)22-38-2/h3-5,8-9,11-14,17,20-22,27-29,31,35H,6-7,10,15-16,18-19,23-26,37H2,1-2H3/t28-,35-,36?/m1/s1. The number of aromatic nitrogens is 2. The monoisotopic (exact) mass is 628 g/mol. The van der Waals surface area contributed by atoms with E-state index in [1.165, 1.54) is 50.9 Å². The summed E-state index contributed by atoms with van der Waals surface area (Å²) in [5, 5.41) is 0. The fourth-order valence-electron chi connectivity index (χ4n) is 8.63. The first-order valence-corrected chi connectivity index (χ1v) is 18.0. The minimum Gasteiger partial charge on any atom is -0.403 e. The van der Waals surface area contributed by atoms with Gasteiger partial charge in [0.05, 0.1) is 11.2 Å². The van der Waals surface area contributed by atoms with Crippen molar-refractivity contribution >= 4 is 21.7 Å². The Morgan fingerprint density at radius 2 is 1.78 bits per heavy atom. The van der Waals surface area contributed by atoms with Crippen LogP contribution in [0.5, 0.6) is 0 Å². The van der Waals surface area contributed by atoms with Gasteiger partial charge in [-0.3, -0.25) is 4.99 Å². The molecule has 2 N–H and O–H groups in total. The Balaban J connectivity index is 1.09. The van der Waals surface area contributed by atoms with Crippen LogP contribution in [-0.2, 0) is 21.8 Å². The lowest BCUT2D eigenvalue weighted by atomic mass is 9.57. The Hall–Kier alpha value is -3.43. The van der Waals surface area contributed by atoms with Crippen LogP contribution in [0.2, 0.25) is 0 Å². The first kappa shape index (κ1) is 31.5. The Morgan fingerprint density at radius 3 is 2.38 bits per heavy atom. The molecule has 1 aliphatic carbocycles. The number of piperidine rings is 1. The molecule has 3 heterocycles. The van der Waals surface area contributed by atoms with Crippen LogP contribution in [0.3, 0.4) is 0 Å². The Morgan fingerprint density at radius 1 is 1.04 bits per heavy atom. The van der Waals surface area contributed by atoms with E-state index in [0.717, 1.165) is 57.1 Å². The summed E-state index contributed by atoms with van der Waals surface area (Å²) in [5.41, 5.74) is 8.24. The molecule has 0 spiro atoms.